The van der Waals surface area contributed by atoms with Crippen LogP contribution in [0.3, 0.4) is 0 Å². The molecule has 0 unspecified atom stereocenters. The fraction of sp³-hybridized carbons (Fsp3) is 0.267. The van der Waals surface area contributed by atoms with Crippen LogP contribution in [0.5, 0.6) is 5.75 Å². The number of anilines is 1. The maximum atomic E-state index is 5.84. The quantitative estimate of drug-likeness (QED) is 0.896. The van der Waals surface area contributed by atoms with E-state index in [0.29, 0.717) is 5.82 Å². The molecule has 0 radical (unpaired) electrons. The largest absolute Gasteiger partial charge is 0.493 e. The monoisotopic (exact) mass is 240 g/mol. The van der Waals surface area contributed by atoms with Crippen molar-refractivity contribution in [2.45, 2.75) is 19.3 Å². The van der Waals surface area contributed by atoms with E-state index < -0.39 is 0 Å². The van der Waals surface area contributed by atoms with Gasteiger partial charge in [-0.1, -0.05) is 18.2 Å². The zero-order chi connectivity index (χ0) is 12.4. The molecule has 0 spiro atoms. The number of pyridine rings is 1. The number of nitrogens with zero attached hydrogens (tertiary/aromatic N) is 1. The standard InChI is InChI=1S/C15H16N2O/c16-15-12(2-1-8-17-15)5-3-11-4-6-14-13(10-11)7-9-18-14/h1-2,4,6,8,10H,3,5,7,9H2,(H2,16,17). The molecule has 18 heavy (non-hydrogen) atoms. The van der Waals surface area contributed by atoms with Crippen molar-refractivity contribution in [3.63, 3.8) is 0 Å². The lowest BCUT2D eigenvalue weighted by Gasteiger charge is -2.06. The number of rotatable bonds is 3. The predicted molar refractivity (Wildman–Crippen MR) is 71.7 cm³/mol. The van der Waals surface area contributed by atoms with Gasteiger partial charge in [-0.05, 0) is 41.7 Å². The second-order valence-corrected chi connectivity index (χ2v) is 4.59. The van der Waals surface area contributed by atoms with Gasteiger partial charge in [0.05, 0.1) is 6.61 Å². The molecule has 1 aliphatic rings. The normalized spacial score (nSPS) is 13.1. The van der Waals surface area contributed by atoms with E-state index in [9.17, 15) is 0 Å². The minimum atomic E-state index is 0.641. The molecule has 0 amide bonds. The summed E-state index contributed by atoms with van der Waals surface area (Å²) >= 11 is 0. The van der Waals surface area contributed by atoms with E-state index in [1.807, 2.05) is 12.1 Å². The molecule has 0 saturated carbocycles. The summed E-state index contributed by atoms with van der Waals surface area (Å²) in [6.07, 6.45) is 4.67. The number of benzene rings is 1. The summed E-state index contributed by atoms with van der Waals surface area (Å²) in [7, 11) is 0. The first-order valence-electron chi connectivity index (χ1n) is 6.27. The van der Waals surface area contributed by atoms with Crippen LogP contribution in [0, 0.1) is 0 Å². The van der Waals surface area contributed by atoms with Crippen LogP contribution in [0.15, 0.2) is 36.5 Å². The predicted octanol–water partition coefficient (Wildman–Crippen LogP) is 2.38. The third-order valence-corrected chi connectivity index (χ3v) is 3.36. The van der Waals surface area contributed by atoms with Gasteiger partial charge in [0.2, 0.25) is 0 Å². The van der Waals surface area contributed by atoms with Crippen molar-refractivity contribution in [3.8, 4) is 5.75 Å². The average molecular weight is 240 g/mol. The van der Waals surface area contributed by atoms with Crippen LogP contribution in [0.25, 0.3) is 0 Å². The molecule has 92 valence electrons. The van der Waals surface area contributed by atoms with Crippen LogP contribution in [-0.2, 0) is 19.3 Å². The summed E-state index contributed by atoms with van der Waals surface area (Å²) in [6, 6.07) is 10.4. The number of hydrogen-bond donors (Lipinski definition) is 1. The van der Waals surface area contributed by atoms with Crippen LogP contribution in [0.2, 0.25) is 0 Å². The minimum absolute atomic E-state index is 0.641. The number of aryl methyl sites for hydroxylation is 2. The summed E-state index contributed by atoms with van der Waals surface area (Å²) in [5.74, 6) is 1.68. The molecule has 1 aromatic heterocycles. The maximum Gasteiger partial charge on any atom is 0.126 e. The zero-order valence-corrected chi connectivity index (χ0v) is 10.2. The van der Waals surface area contributed by atoms with Crippen molar-refractivity contribution in [1.82, 2.24) is 4.98 Å². The van der Waals surface area contributed by atoms with E-state index in [-0.39, 0.29) is 0 Å². The van der Waals surface area contributed by atoms with Gasteiger partial charge < -0.3 is 10.5 Å². The lowest BCUT2D eigenvalue weighted by molar-refractivity contribution is 0.357. The van der Waals surface area contributed by atoms with E-state index in [4.69, 9.17) is 10.5 Å². The average Bonchev–Trinajstić information content (AvgIpc) is 2.85. The highest BCUT2D eigenvalue weighted by Crippen LogP contribution is 2.26. The molecule has 2 N–H and O–H groups in total. The van der Waals surface area contributed by atoms with Crippen LogP contribution in [0.4, 0.5) is 5.82 Å². The van der Waals surface area contributed by atoms with Gasteiger partial charge in [0.15, 0.2) is 0 Å². The van der Waals surface area contributed by atoms with Crippen molar-refractivity contribution in [3.05, 3.63) is 53.2 Å². The summed E-state index contributed by atoms with van der Waals surface area (Å²) in [5, 5.41) is 0. The number of fused-ring (bicyclic) bond motifs is 1. The van der Waals surface area contributed by atoms with Crippen LogP contribution in [-0.4, -0.2) is 11.6 Å². The van der Waals surface area contributed by atoms with Crippen molar-refractivity contribution >= 4 is 5.82 Å². The molecular weight excluding hydrogens is 224 g/mol. The van der Waals surface area contributed by atoms with Gasteiger partial charge in [-0.2, -0.15) is 0 Å². The van der Waals surface area contributed by atoms with Gasteiger partial charge in [0.25, 0.3) is 0 Å². The van der Waals surface area contributed by atoms with Crippen molar-refractivity contribution in [2.75, 3.05) is 12.3 Å². The molecule has 3 nitrogen and oxygen atoms in total. The molecule has 0 aliphatic carbocycles. The van der Waals surface area contributed by atoms with Gasteiger partial charge in [-0.15, -0.1) is 0 Å². The Hall–Kier alpha value is -2.03. The molecule has 3 heteroatoms. The Balaban J connectivity index is 1.72. The van der Waals surface area contributed by atoms with Gasteiger partial charge in [0, 0.05) is 12.6 Å². The van der Waals surface area contributed by atoms with Crippen LogP contribution >= 0.6 is 0 Å². The summed E-state index contributed by atoms with van der Waals surface area (Å²) in [5.41, 5.74) is 9.62. The number of aromatic nitrogens is 1. The second-order valence-electron chi connectivity index (χ2n) is 4.59. The Morgan fingerprint density at radius 2 is 2.17 bits per heavy atom. The lowest BCUT2D eigenvalue weighted by atomic mass is 10.0. The summed E-state index contributed by atoms with van der Waals surface area (Å²) in [4.78, 5) is 4.11. The molecule has 0 saturated heterocycles. The van der Waals surface area contributed by atoms with Crippen molar-refractivity contribution in [2.24, 2.45) is 0 Å². The first-order valence-corrected chi connectivity index (χ1v) is 6.27. The lowest BCUT2D eigenvalue weighted by Crippen LogP contribution is -1.99. The van der Waals surface area contributed by atoms with Crippen molar-refractivity contribution < 1.29 is 4.74 Å². The maximum absolute atomic E-state index is 5.84. The fourth-order valence-electron chi connectivity index (χ4n) is 2.34. The number of ether oxygens (including phenoxy) is 1. The van der Waals surface area contributed by atoms with Crippen LogP contribution < -0.4 is 10.5 Å². The molecule has 0 fully saturated rings. The van der Waals surface area contributed by atoms with E-state index in [1.165, 1.54) is 11.1 Å². The third-order valence-electron chi connectivity index (χ3n) is 3.36. The van der Waals surface area contributed by atoms with Gasteiger partial charge in [0.1, 0.15) is 11.6 Å². The molecule has 2 aromatic rings. The highest BCUT2D eigenvalue weighted by Gasteiger charge is 2.11. The molecular formula is C15H16N2O. The molecule has 0 bridgehead atoms. The number of nitrogens with two attached hydrogens (primary N) is 1. The molecule has 0 atom stereocenters. The Morgan fingerprint density at radius 1 is 1.22 bits per heavy atom. The van der Waals surface area contributed by atoms with E-state index in [1.54, 1.807) is 6.20 Å². The minimum Gasteiger partial charge on any atom is -0.493 e. The smallest absolute Gasteiger partial charge is 0.126 e. The number of hydrogen-bond acceptors (Lipinski definition) is 3. The first-order chi connectivity index (χ1) is 8.83. The van der Waals surface area contributed by atoms with E-state index in [0.717, 1.165) is 37.2 Å². The van der Waals surface area contributed by atoms with Crippen LogP contribution in [0.1, 0.15) is 16.7 Å². The Bertz CT molecular complexity index is 566. The molecule has 1 aliphatic heterocycles. The fourth-order valence-corrected chi connectivity index (χ4v) is 2.34. The number of nitrogen functional groups attached to an aromatic ring is 1. The Morgan fingerprint density at radius 3 is 3.06 bits per heavy atom. The van der Waals surface area contributed by atoms with Gasteiger partial charge >= 0.3 is 0 Å². The highest BCUT2D eigenvalue weighted by atomic mass is 16.5. The summed E-state index contributed by atoms with van der Waals surface area (Å²) in [6.45, 7) is 0.814. The van der Waals surface area contributed by atoms with E-state index >= 15 is 0 Å². The molecule has 2 heterocycles. The molecule has 1 aromatic carbocycles. The first kappa shape index (κ1) is 11.1. The van der Waals surface area contributed by atoms with E-state index in [2.05, 4.69) is 23.2 Å². The molecule has 3 rings (SSSR count). The summed E-state index contributed by atoms with van der Waals surface area (Å²) < 4.78 is 5.51. The third kappa shape index (κ3) is 2.16. The van der Waals surface area contributed by atoms with Gasteiger partial charge in [-0.25, -0.2) is 4.98 Å². The van der Waals surface area contributed by atoms with Gasteiger partial charge in [-0.3, -0.25) is 0 Å². The zero-order valence-electron chi connectivity index (χ0n) is 10.2. The van der Waals surface area contributed by atoms with Crippen molar-refractivity contribution in [1.29, 1.82) is 0 Å². The topological polar surface area (TPSA) is 48.1 Å². The Labute approximate surface area is 107 Å². The Kier molecular flexibility index (Phi) is 2.89. The second kappa shape index (κ2) is 4.69. The highest BCUT2D eigenvalue weighted by molar-refractivity contribution is 5.42. The SMILES string of the molecule is Nc1ncccc1CCc1ccc2c(c1)CCO2.